The van der Waals surface area contributed by atoms with Crippen LogP contribution in [-0.4, -0.2) is 19.6 Å². The molecule has 3 nitrogen and oxygen atoms in total. The summed E-state index contributed by atoms with van der Waals surface area (Å²) in [4.78, 5) is 2.16. The Morgan fingerprint density at radius 2 is 1.95 bits per heavy atom. The van der Waals surface area contributed by atoms with E-state index in [4.69, 9.17) is 0 Å². The summed E-state index contributed by atoms with van der Waals surface area (Å²) in [6.07, 6.45) is 0. The Kier molecular flexibility index (Phi) is 5.85. The molecule has 0 atom stereocenters. The van der Waals surface area contributed by atoms with Gasteiger partial charge in [0.1, 0.15) is 6.07 Å². The van der Waals surface area contributed by atoms with Crippen molar-refractivity contribution < 1.29 is 0 Å². The molecule has 19 heavy (non-hydrogen) atoms. The van der Waals surface area contributed by atoms with Crippen molar-refractivity contribution in [1.82, 2.24) is 5.32 Å². The molecule has 1 aromatic carbocycles. The second-order valence-corrected chi connectivity index (χ2v) is 5.77. The van der Waals surface area contributed by atoms with Crippen molar-refractivity contribution in [3.63, 3.8) is 0 Å². The second-order valence-electron chi connectivity index (χ2n) is 5.77. The smallest absolute Gasteiger partial charge is 0.101 e. The summed E-state index contributed by atoms with van der Waals surface area (Å²) in [6, 6.07) is 8.90. The van der Waals surface area contributed by atoms with Crippen LogP contribution in [0, 0.1) is 17.2 Å². The summed E-state index contributed by atoms with van der Waals surface area (Å²) in [5.74, 6) is 0.582. The third-order valence-electron chi connectivity index (χ3n) is 2.95. The van der Waals surface area contributed by atoms with Crippen LogP contribution >= 0.6 is 0 Å². The van der Waals surface area contributed by atoms with E-state index < -0.39 is 0 Å². The first kappa shape index (κ1) is 15.5. The minimum atomic E-state index is 0.453. The normalized spacial score (nSPS) is 10.8. The second kappa shape index (κ2) is 7.16. The molecule has 0 aliphatic rings. The van der Waals surface area contributed by atoms with Gasteiger partial charge in [-0.25, -0.2) is 0 Å². The van der Waals surface area contributed by atoms with Gasteiger partial charge in [0.15, 0.2) is 0 Å². The molecule has 1 rings (SSSR count). The Hall–Kier alpha value is -1.53. The Balaban J connectivity index is 2.87. The van der Waals surface area contributed by atoms with Crippen molar-refractivity contribution in [3.05, 3.63) is 29.3 Å². The first-order chi connectivity index (χ1) is 8.93. The maximum absolute atomic E-state index is 9.31. The fraction of sp³-hybridized carbons (Fsp3) is 0.562. The molecule has 0 aliphatic carbocycles. The Labute approximate surface area is 117 Å². The predicted molar refractivity (Wildman–Crippen MR) is 81.2 cm³/mol. The minimum absolute atomic E-state index is 0.453. The molecule has 0 heterocycles. The van der Waals surface area contributed by atoms with Crippen molar-refractivity contribution in [2.24, 2.45) is 5.92 Å². The number of nitrogens with zero attached hydrogens (tertiary/aromatic N) is 2. The van der Waals surface area contributed by atoms with Gasteiger partial charge in [0.2, 0.25) is 0 Å². The van der Waals surface area contributed by atoms with Gasteiger partial charge >= 0.3 is 0 Å². The van der Waals surface area contributed by atoms with Crippen molar-refractivity contribution in [2.45, 2.75) is 40.3 Å². The summed E-state index contributed by atoms with van der Waals surface area (Å²) in [5.41, 5.74) is 2.93. The minimum Gasteiger partial charge on any atom is -0.373 e. The van der Waals surface area contributed by atoms with E-state index in [1.807, 2.05) is 13.1 Å². The van der Waals surface area contributed by atoms with Crippen LogP contribution in [0.2, 0.25) is 0 Å². The quantitative estimate of drug-likeness (QED) is 0.853. The highest BCUT2D eigenvalue weighted by Gasteiger charge is 2.09. The van der Waals surface area contributed by atoms with E-state index in [9.17, 15) is 5.26 Å². The molecule has 0 aromatic heterocycles. The third-order valence-corrected chi connectivity index (χ3v) is 2.95. The summed E-state index contributed by atoms with van der Waals surface area (Å²) in [6.45, 7) is 10.4. The van der Waals surface area contributed by atoms with Crippen LogP contribution in [0.4, 0.5) is 5.69 Å². The van der Waals surface area contributed by atoms with Crippen LogP contribution in [0.25, 0.3) is 0 Å². The molecular formula is C16H25N3. The van der Waals surface area contributed by atoms with Gasteiger partial charge in [0.25, 0.3) is 0 Å². The summed E-state index contributed by atoms with van der Waals surface area (Å²) >= 11 is 0. The number of nitriles is 1. The number of rotatable bonds is 6. The van der Waals surface area contributed by atoms with Crippen molar-refractivity contribution in [1.29, 1.82) is 5.26 Å². The van der Waals surface area contributed by atoms with E-state index in [-0.39, 0.29) is 0 Å². The predicted octanol–water partition coefficient (Wildman–Crippen LogP) is 3.15. The van der Waals surface area contributed by atoms with Gasteiger partial charge < -0.3 is 10.2 Å². The van der Waals surface area contributed by atoms with Crippen molar-refractivity contribution in [2.75, 3.05) is 18.5 Å². The Morgan fingerprint density at radius 3 is 2.47 bits per heavy atom. The van der Waals surface area contributed by atoms with Gasteiger partial charge in [-0.3, -0.25) is 0 Å². The molecule has 0 amide bonds. The number of hydrogen-bond acceptors (Lipinski definition) is 3. The number of nitrogens with one attached hydrogen (secondary N) is 1. The van der Waals surface area contributed by atoms with Crippen LogP contribution < -0.4 is 10.2 Å². The molecule has 1 N–H and O–H groups in total. The molecule has 1 aromatic rings. The largest absolute Gasteiger partial charge is 0.373 e. The molecule has 0 saturated carbocycles. The third kappa shape index (κ3) is 4.92. The molecular weight excluding hydrogens is 234 g/mol. The lowest BCUT2D eigenvalue weighted by molar-refractivity contribution is 0.588. The van der Waals surface area contributed by atoms with E-state index in [1.54, 1.807) is 0 Å². The lowest BCUT2D eigenvalue weighted by Crippen LogP contribution is -2.24. The zero-order valence-corrected chi connectivity index (χ0v) is 12.7. The Morgan fingerprint density at radius 1 is 1.26 bits per heavy atom. The lowest BCUT2D eigenvalue weighted by Gasteiger charge is -2.23. The van der Waals surface area contributed by atoms with Gasteiger partial charge in [-0.05, 0) is 23.6 Å². The van der Waals surface area contributed by atoms with Gasteiger partial charge in [-0.2, -0.15) is 5.26 Å². The fourth-order valence-electron chi connectivity index (χ4n) is 2.08. The van der Waals surface area contributed by atoms with Crippen molar-refractivity contribution >= 4 is 5.69 Å². The van der Waals surface area contributed by atoms with Gasteiger partial charge in [-0.15, -0.1) is 0 Å². The fourth-order valence-corrected chi connectivity index (χ4v) is 2.08. The monoisotopic (exact) mass is 259 g/mol. The molecule has 0 aliphatic heterocycles. The lowest BCUT2D eigenvalue weighted by atomic mass is 10.1. The maximum Gasteiger partial charge on any atom is 0.101 e. The van der Waals surface area contributed by atoms with Crippen molar-refractivity contribution in [3.8, 4) is 6.07 Å². The number of anilines is 1. The molecule has 0 radical (unpaired) electrons. The molecule has 0 unspecified atom stereocenters. The van der Waals surface area contributed by atoms with E-state index in [2.05, 4.69) is 56.1 Å². The first-order valence-electron chi connectivity index (χ1n) is 6.91. The van der Waals surface area contributed by atoms with E-state index in [1.165, 1.54) is 0 Å². The topological polar surface area (TPSA) is 39.1 Å². The summed E-state index contributed by atoms with van der Waals surface area (Å²) in [5, 5.41) is 12.7. The number of benzene rings is 1. The van der Waals surface area contributed by atoms with Crippen LogP contribution in [0.3, 0.4) is 0 Å². The Bertz CT molecular complexity index is 444. The highest BCUT2D eigenvalue weighted by molar-refractivity contribution is 5.60. The molecule has 0 saturated heterocycles. The summed E-state index contributed by atoms with van der Waals surface area (Å²) in [7, 11) is 2.04. The first-order valence-corrected chi connectivity index (χ1v) is 6.91. The van der Waals surface area contributed by atoms with E-state index in [0.29, 0.717) is 12.0 Å². The van der Waals surface area contributed by atoms with Gasteiger partial charge in [0.05, 0.1) is 11.3 Å². The molecule has 3 heteroatoms. The molecule has 0 fully saturated rings. The maximum atomic E-state index is 9.31. The van der Waals surface area contributed by atoms with Gasteiger partial charge in [-0.1, -0.05) is 33.8 Å². The van der Waals surface area contributed by atoms with Crippen LogP contribution in [0.5, 0.6) is 0 Å². The average Bonchev–Trinajstić information content (AvgIpc) is 2.35. The average molecular weight is 259 g/mol. The standard InChI is InChI=1S/C16H25N3/c1-12(2)11-19(5)16-7-6-14(8-15(16)9-17)10-18-13(3)4/h6-8,12-13,18H,10-11H2,1-5H3. The highest BCUT2D eigenvalue weighted by atomic mass is 15.1. The SMILES string of the molecule is CC(C)CN(C)c1ccc(CNC(C)C)cc1C#N. The van der Waals surface area contributed by atoms with Crippen LogP contribution in [0.15, 0.2) is 18.2 Å². The van der Waals surface area contributed by atoms with Crippen LogP contribution in [0.1, 0.15) is 38.8 Å². The zero-order valence-electron chi connectivity index (χ0n) is 12.7. The van der Waals surface area contributed by atoms with Gasteiger partial charge in [0, 0.05) is 26.2 Å². The van der Waals surface area contributed by atoms with E-state index in [0.717, 1.165) is 29.9 Å². The molecule has 104 valence electrons. The van der Waals surface area contributed by atoms with E-state index >= 15 is 0 Å². The number of hydrogen-bond donors (Lipinski definition) is 1. The zero-order chi connectivity index (χ0) is 14.4. The molecule has 0 bridgehead atoms. The highest BCUT2D eigenvalue weighted by Crippen LogP contribution is 2.21. The van der Waals surface area contributed by atoms with Crippen LogP contribution in [-0.2, 0) is 6.54 Å². The molecule has 0 spiro atoms. The summed E-state index contributed by atoms with van der Waals surface area (Å²) < 4.78 is 0.